The first-order valence-corrected chi connectivity index (χ1v) is 11.5. The summed E-state index contributed by atoms with van der Waals surface area (Å²) in [6, 6.07) is 13.8. The third kappa shape index (κ3) is 4.94. The van der Waals surface area contributed by atoms with E-state index in [9.17, 15) is 17.6 Å². The minimum Gasteiger partial charge on any atom is -0.353 e. The molecule has 0 atom stereocenters. The molecule has 36 heavy (non-hydrogen) atoms. The molecule has 0 unspecified atom stereocenters. The fraction of sp³-hybridized carbons (Fsp3) is 0.200. The van der Waals surface area contributed by atoms with Gasteiger partial charge < -0.3 is 9.80 Å². The Hall–Kier alpha value is -3.79. The predicted molar refractivity (Wildman–Crippen MR) is 129 cm³/mol. The number of hydrogen-bond donors (Lipinski definition) is 0. The zero-order chi connectivity index (χ0) is 25.3. The van der Waals surface area contributed by atoms with Crippen LogP contribution in [0.25, 0.3) is 22.8 Å². The van der Waals surface area contributed by atoms with Gasteiger partial charge in [0.2, 0.25) is 0 Å². The summed E-state index contributed by atoms with van der Waals surface area (Å²) in [7, 11) is 0. The van der Waals surface area contributed by atoms with Crippen LogP contribution < -0.4 is 9.80 Å². The van der Waals surface area contributed by atoms with Gasteiger partial charge in [-0.05, 0) is 42.5 Å². The summed E-state index contributed by atoms with van der Waals surface area (Å²) in [5.74, 6) is 0.333. The Balaban J connectivity index is 1.46. The molecule has 0 N–H and O–H groups in total. The number of hydrogen-bond acceptors (Lipinski definition) is 6. The molecule has 0 aliphatic carbocycles. The van der Waals surface area contributed by atoms with Gasteiger partial charge in [0.15, 0.2) is 5.82 Å². The molecule has 0 bridgehead atoms. The number of benzene rings is 1. The van der Waals surface area contributed by atoms with Gasteiger partial charge in [0.1, 0.15) is 23.1 Å². The fourth-order valence-corrected chi connectivity index (χ4v) is 4.21. The number of halogens is 5. The van der Waals surface area contributed by atoms with Crippen molar-refractivity contribution in [2.45, 2.75) is 6.18 Å². The highest BCUT2D eigenvalue weighted by atomic mass is 35.5. The minimum atomic E-state index is -4.49. The van der Waals surface area contributed by atoms with Crippen LogP contribution in [-0.4, -0.2) is 46.1 Å². The molecule has 1 aromatic carbocycles. The van der Waals surface area contributed by atoms with E-state index in [4.69, 9.17) is 11.6 Å². The van der Waals surface area contributed by atoms with Crippen molar-refractivity contribution in [3.63, 3.8) is 0 Å². The number of anilines is 2. The highest BCUT2D eigenvalue weighted by Gasteiger charge is 2.36. The molecular weight excluding hydrogens is 496 g/mol. The predicted octanol–water partition coefficient (Wildman–Crippen LogP) is 5.74. The van der Waals surface area contributed by atoms with Crippen LogP contribution >= 0.6 is 11.6 Å². The lowest BCUT2D eigenvalue weighted by atomic mass is 10.1. The molecule has 6 nitrogen and oxygen atoms in total. The monoisotopic (exact) mass is 514 g/mol. The smallest absolute Gasteiger partial charge is 0.353 e. The van der Waals surface area contributed by atoms with Gasteiger partial charge >= 0.3 is 6.18 Å². The Bertz CT molecular complexity index is 1370. The van der Waals surface area contributed by atoms with E-state index in [1.165, 1.54) is 24.4 Å². The zero-order valence-electron chi connectivity index (χ0n) is 18.8. The molecule has 0 amide bonds. The Morgan fingerprint density at radius 1 is 0.778 bits per heavy atom. The van der Waals surface area contributed by atoms with Crippen LogP contribution in [0.2, 0.25) is 5.02 Å². The summed E-state index contributed by atoms with van der Waals surface area (Å²) in [4.78, 5) is 21.2. The SMILES string of the molecule is Fc1ccc(-c2cc(N3CCN(c4ncccc4C(F)(F)F)CC3)nc(-c3ccccn3)n2)cc1Cl. The van der Waals surface area contributed by atoms with Gasteiger partial charge in [-0.15, -0.1) is 0 Å². The van der Waals surface area contributed by atoms with Gasteiger partial charge in [-0.3, -0.25) is 4.98 Å². The molecule has 0 radical (unpaired) electrons. The molecule has 5 rings (SSSR count). The molecule has 11 heteroatoms. The highest BCUT2D eigenvalue weighted by molar-refractivity contribution is 6.31. The largest absolute Gasteiger partial charge is 0.419 e. The number of alkyl halides is 3. The van der Waals surface area contributed by atoms with Crippen LogP contribution in [0.15, 0.2) is 67.0 Å². The maximum absolute atomic E-state index is 13.7. The summed E-state index contributed by atoms with van der Waals surface area (Å²) in [6.07, 6.45) is -1.50. The maximum Gasteiger partial charge on any atom is 0.419 e. The van der Waals surface area contributed by atoms with Crippen molar-refractivity contribution in [1.82, 2.24) is 19.9 Å². The van der Waals surface area contributed by atoms with Gasteiger partial charge in [-0.25, -0.2) is 19.3 Å². The first-order valence-electron chi connectivity index (χ1n) is 11.1. The van der Waals surface area contributed by atoms with Crippen molar-refractivity contribution >= 4 is 23.2 Å². The standard InChI is InChI=1S/C25H19ClF4N6/c26-18-14-16(6-7-19(18)27)21-15-22(34-23(33-21)20-5-1-2-8-31-20)35-10-12-36(13-11-35)24-17(25(28,29)30)4-3-9-32-24/h1-9,14-15H,10-13H2. The minimum absolute atomic E-state index is 0.0310. The Kier molecular flexibility index (Phi) is 6.44. The van der Waals surface area contributed by atoms with Gasteiger partial charge in [0.25, 0.3) is 0 Å². The average Bonchev–Trinajstić information content (AvgIpc) is 2.90. The van der Waals surface area contributed by atoms with Gasteiger partial charge in [-0.1, -0.05) is 17.7 Å². The van der Waals surface area contributed by atoms with E-state index in [1.54, 1.807) is 35.4 Å². The Morgan fingerprint density at radius 2 is 1.53 bits per heavy atom. The maximum atomic E-state index is 13.7. The third-order valence-corrected chi connectivity index (χ3v) is 6.11. The quantitative estimate of drug-likeness (QED) is 0.324. The number of rotatable bonds is 4. The van der Waals surface area contributed by atoms with Crippen LogP contribution in [0.5, 0.6) is 0 Å². The normalized spacial score (nSPS) is 14.2. The second-order valence-electron chi connectivity index (χ2n) is 8.13. The van der Waals surface area contributed by atoms with E-state index in [2.05, 4.69) is 19.9 Å². The van der Waals surface area contributed by atoms with E-state index < -0.39 is 17.6 Å². The number of aromatic nitrogens is 4. The second-order valence-corrected chi connectivity index (χ2v) is 8.53. The molecule has 1 aliphatic rings. The molecule has 1 saturated heterocycles. The molecule has 184 valence electrons. The summed E-state index contributed by atoms with van der Waals surface area (Å²) in [5.41, 5.74) is 0.919. The summed E-state index contributed by atoms with van der Waals surface area (Å²) < 4.78 is 54.2. The van der Waals surface area contributed by atoms with Crippen molar-refractivity contribution in [3.05, 3.63) is 83.4 Å². The van der Waals surface area contributed by atoms with Crippen LogP contribution in [0.4, 0.5) is 29.2 Å². The van der Waals surface area contributed by atoms with E-state index in [0.717, 1.165) is 6.07 Å². The van der Waals surface area contributed by atoms with Crippen LogP contribution in [0.1, 0.15) is 5.56 Å². The fourth-order valence-electron chi connectivity index (χ4n) is 4.03. The topological polar surface area (TPSA) is 58.0 Å². The van der Waals surface area contributed by atoms with Crippen molar-refractivity contribution in [3.8, 4) is 22.8 Å². The first kappa shape index (κ1) is 23.9. The molecule has 4 aromatic rings. The van der Waals surface area contributed by atoms with E-state index in [1.807, 2.05) is 11.0 Å². The van der Waals surface area contributed by atoms with Crippen LogP contribution in [0, 0.1) is 5.82 Å². The van der Waals surface area contributed by atoms with Gasteiger partial charge in [-0.2, -0.15) is 13.2 Å². The number of pyridine rings is 2. The lowest BCUT2D eigenvalue weighted by molar-refractivity contribution is -0.137. The molecule has 1 aliphatic heterocycles. The van der Waals surface area contributed by atoms with Crippen molar-refractivity contribution in [1.29, 1.82) is 0 Å². The van der Waals surface area contributed by atoms with E-state index in [-0.39, 0.29) is 10.8 Å². The summed E-state index contributed by atoms with van der Waals surface area (Å²) in [6.45, 7) is 1.47. The van der Waals surface area contributed by atoms with Crippen molar-refractivity contribution in [2.24, 2.45) is 0 Å². The molecule has 1 fully saturated rings. The van der Waals surface area contributed by atoms with Gasteiger partial charge in [0, 0.05) is 50.2 Å². The van der Waals surface area contributed by atoms with Crippen LogP contribution in [0.3, 0.4) is 0 Å². The third-order valence-electron chi connectivity index (χ3n) is 5.82. The van der Waals surface area contributed by atoms with E-state index in [0.29, 0.717) is 54.8 Å². The molecule has 0 spiro atoms. The lowest BCUT2D eigenvalue weighted by Crippen LogP contribution is -2.47. The number of nitrogens with zero attached hydrogens (tertiary/aromatic N) is 6. The second kappa shape index (κ2) is 9.69. The van der Waals surface area contributed by atoms with Gasteiger partial charge in [0.05, 0.1) is 16.3 Å². The average molecular weight is 515 g/mol. The first-order chi connectivity index (χ1) is 17.3. The van der Waals surface area contributed by atoms with Crippen molar-refractivity contribution < 1.29 is 17.6 Å². The molecular formula is C25H19ClF4N6. The molecule has 4 heterocycles. The molecule has 3 aromatic heterocycles. The number of piperazine rings is 1. The Labute approximate surface area is 209 Å². The van der Waals surface area contributed by atoms with Crippen molar-refractivity contribution in [2.75, 3.05) is 36.0 Å². The zero-order valence-corrected chi connectivity index (χ0v) is 19.5. The Morgan fingerprint density at radius 3 is 2.22 bits per heavy atom. The summed E-state index contributed by atoms with van der Waals surface area (Å²) in [5, 5.41) is -0.0310. The molecule has 0 saturated carbocycles. The summed E-state index contributed by atoms with van der Waals surface area (Å²) >= 11 is 6.00. The lowest BCUT2D eigenvalue weighted by Gasteiger charge is -2.37. The highest BCUT2D eigenvalue weighted by Crippen LogP contribution is 2.36. The van der Waals surface area contributed by atoms with E-state index >= 15 is 0 Å². The van der Waals surface area contributed by atoms with Crippen LogP contribution in [-0.2, 0) is 6.18 Å².